The summed E-state index contributed by atoms with van der Waals surface area (Å²) in [5, 5.41) is 22.6. The molecule has 0 unspecified atom stereocenters. The first-order valence-corrected chi connectivity index (χ1v) is 23.7. The van der Waals surface area contributed by atoms with E-state index in [4.69, 9.17) is 9.47 Å². The molecule has 1 heterocycles. The summed E-state index contributed by atoms with van der Waals surface area (Å²) in [5.74, 6) is 1.61. The molecule has 0 saturated heterocycles. The largest absolute Gasteiger partial charge is 0.492 e. The van der Waals surface area contributed by atoms with Gasteiger partial charge < -0.3 is 40.7 Å². The first-order valence-electron chi connectivity index (χ1n) is 21.4. The van der Waals surface area contributed by atoms with Crippen molar-refractivity contribution in [1.82, 2.24) is 30.2 Å². The number of halogens is 1. The maximum Gasteiger partial charge on any atom is 0.251 e. The zero-order valence-electron chi connectivity index (χ0n) is 36.5. The summed E-state index contributed by atoms with van der Waals surface area (Å²) in [6, 6.07) is 12.5. The third kappa shape index (κ3) is 15.2. The van der Waals surface area contributed by atoms with Crippen molar-refractivity contribution < 1.29 is 37.4 Å². The highest BCUT2D eigenvalue weighted by Crippen LogP contribution is 2.28. The number of sulfonamides is 1. The van der Waals surface area contributed by atoms with E-state index in [2.05, 4.69) is 51.9 Å². The molecular formula is C44H63BrN8O8S. The highest BCUT2D eigenvalue weighted by atomic mass is 79.9. The Balaban J connectivity index is 0.955. The summed E-state index contributed by atoms with van der Waals surface area (Å²) in [7, 11) is -1.98. The second kappa shape index (κ2) is 22.3. The van der Waals surface area contributed by atoms with Crippen LogP contribution in [0.4, 0.5) is 17.5 Å². The Labute approximate surface area is 374 Å². The van der Waals surface area contributed by atoms with Crippen molar-refractivity contribution in [2.75, 3.05) is 50.5 Å². The summed E-state index contributed by atoms with van der Waals surface area (Å²) in [4.78, 5) is 49.0. The number of aromatic nitrogens is 2. The molecule has 2 saturated carbocycles. The molecule has 62 heavy (non-hydrogen) atoms. The number of carbonyl (C=O) groups excluding carboxylic acids is 3. The summed E-state index contributed by atoms with van der Waals surface area (Å²) < 4.78 is 41.0. The Bertz CT molecular complexity index is 2070. The lowest BCUT2D eigenvalue weighted by atomic mass is 9.84. The normalized spacial score (nSPS) is 17.1. The Morgan fingerprint density at radius 1 is 0.935 bits per heavy atom. The summed E-state index contributed by atoms with van der Waals surface area (Å²) in [6.07, 6.45) is 8.35. The monoisotopic (exact) mass is 942 g/mol. The van der Waals surface area contributed by atoms with Crippen molar-refractivity contribution in [3.05, 3.63) is 64.8 Å². The minimum atomic E-state index is -3.85. The lowest BCUT2D eigenvalue weighted by Crippen LogP contribution is -2.45. The molecule has 2 aromatic carbocycles. The van der Waals surface area contributed by atoms with Gasteiger partial charge in [-0.05, 0) is 131 Å². The van der Waals surface area contributed by atoms with Gasteiger partial charge in [0.05, 0.1) is 34.0 Å². The molecule has 3 aromatic rings. The molecule has 0 spiro atoms. The first-order chi connectivity index (χ1) is 29.4. The third-order valence-corrected chi connectivity index (χ3v) is 13.1. The molecule has 5 rings (SSSR count). The van der Waals surface area contributed by atoms with E-state index in [-0.39, 0.29) is 48.2 Å². The molecule has 340 valence electrons. The molecule has 1 aromatic heterocycles. The van der Waals surface area contributed by atoms with E-state index in [9.17, 15) is 27.9 Å². The van der Waals surface area contributed by atoms with Crippen molar-refractivity contribution >= 4 is 61.1 Å². The zero-order valence-corrected chi connectivity index (χ0v) is 38.9. The van der Waals surface area contributed by atoms with Gasteiger partial charge in [-0.1, -0.05) is 19.3 Å². The van der Waals surface area contributed by atoms with Crippen LogP contribution in [-0.2, 0) is 24.3 Å². The number of benzene rings is 2. The van der Waals surface area contributed by atoms with Gasteiger partial charge in [0, 0.05) is 61.7 Å². The van der Waals surface area contributed by atoms with E-state index in [0.717, 1.165) is 48.7 Å². The van der Waals surface area contributed by atoms with Crippen LogP contribution >= 0.6 is 15.9 Å². The van der Waals surface area contributed by atoms with Crippen LogP contribution in [0.15, 0.2) is 64.1 Å². The van der Waals surface area contributed by atoms with Crippen LogP contribution in [0.2, 0.25) is 0 Å². The van der Waals surface area contributed by atoms with E-state index in [1.54, 1.807) is 6.20 Å². The molecular weight excluding hydrogens is 881 g/mol. The van der Waals surface area contributed by atoms with Crippen molar-refractivity contribution in [1.29, 1.82) is 0 Å². The lowest BCUT2D eigenvalue weighted by Gasteiger charge is -2.30. The van der Waals surface area contributed by atoms with E-state index in [1.165, 1.54) is 24.3 Å². The van der Waals surface area contributed by atoms with E-state index in [1.807, 2.05) is 63.9 Å². The van der Waals surface area contributed by atoms with E-state index < -0.39 is 33.3 Å². The van der Waals surface area contributed by atoms with Gasteiger partial charge in [0.2, 0.25) is 27.8 Å². The van der Waals surface area contributed by atoms with Crippen molar-refractivity contribution in [2.24, 2.45) is 5.92 Å². The van der Waals surface area contributed by atoms with E-state index in [0.29, 0.717) is 62.0 Å². The molecule has 6 N–H and O–H groups in total. The lowest BCUT2D eigenvalue weighted by molar-refractivity contribution is -0.136. The van der Waals surface area contributed by atoms with Gasteiger partial charge in [0.1, 0.15) is 18.2 Å². The number of rotatable bonds is 23. The molecule has 2 aliphatic carbocycles. The van der Waals surface area contributed by atoms with Crippen LogP contribution in [0, 0.1) is 5.92 Å². The highest BCUT2D eigenvalue weighted by Gasteiger charge is 2.30. The smallest absolute Gasteiger partial charge is 0.251 e. The number of aliphatic hydroxyl groups excluding tert-OH is 1. The SMILES string of the molecule is CN(CCCNc1nc(Nc2ccc(OCCNC(=O)CC(C)(C)OCCC(C)(C)NC(=O)c3ccc(S(=O)(=O)N[C@@H]4CCCC[C@H]4O)cc3)cc2)ncc1Br)C(=O)C1CCC1. The van der Waals surface area contributed by atoms with Gasteiger partial charge in [-0.3, -0.25) is 14.4 Å². The van der Waals surface area contributed by atoms with Gasteiger partial charge in [-0.15, -0.1) is 0 Å². The van der Waals surface area contributed by atoms with Crippen molar-refractivity contribution in [3.8, 4) is 5.75 Å². The van der Waals surface area contributed by atoms with Gasteiger partial charge in [0.25, 0.3) is 5.91 Å². The van der Waals surface area contributed by atoms with Crippen LogP contribution in [0.3, 0.4) is 0 Å². The maximum absolute atomic E-state index is 13.1. The number of carbonyl (C=O) groups is 3. The number of nitrogens with one attached hydrogen (secondary N) is 5. The average Bonchev–Trinajstić information content (AvgIpc) is 3.19. The third-order valence-electron chi connectivity index (χ3n) is 11.1. The molecule has 0 bridgehead atoms. The molecule has 0 aliphatic heterocycles. The molecule has 3 amide bonds. The molecule has 18 heteroatoms. The summed E-state index contributed by atoms with van der Waals surface area (Å²) >= 11 is 3.50. The fourth-order valence-corrected chi connectivity index (χ4v) is 8.74. The Kier molecular flexibility index (Phi) is 17.5. The predicted molar refractivity (Wildman–Crippen MR) is 242 cm³/mol. The topological polar surface area (TPSA) is 213 Å². The second-order valence-corrected chi connectivity index (χ2v) is 20.0. The first kappa shape index (κ1) is 48.7. The predicted octanol–water partition coefficient (Wildman–Crippen LogP) is 5.90. The second-order valence-electron chi connectivity index (χ2n) is 17.4. The van der Waals surface area contributed by atoms with Crippen LogP contribution < -0.4 is 30.7 Å². The van der Waals surface area contributed by atoms with Gasteiger partial charge in [-0.25, -0.2) is 18.1 Å². The molecule has 2 fully saturated rings. The fraction of sp³-hybridized carbons (Fsp3) is 0.568. The quantitative estimate of drug-likeness (QED) is 0.0614. The molecule has 2 aliphatic rings. The Hall–Kier alpha value is -4.36. The molecule has 16 nitrogen and oxygen atoms in total. The van der Waals surface area contributed by atoms with Crippen LogP contribution in [0.5, 0.6) is 5.75 Å². The Morgan fingerprint density at radius 2 is 1.65 bits per heavy atom. The van der Waals surface area contributed by atoms with Gasteiger partial charge >= 0.3 is 0 Å². The maximum atomic E-state index is 13.1. The summed E-state index contributed by atoms with van der Waals surface area (Å²) in [5.41, 5.74) is -0.340. The van der Waals surface area contributed by atoms with Crippen LogP contribution in [0.25, 0.3) is 0 Å². The zero-order chi connectivity index (χ0) is 44.9. The molecule has 0 radical (unpaired) electrons. The van der Waals surface area contributed by atoms with Crippen molar-refractivity contribution in [3.63, 3.8) is 0 Å². The average molecular weight is 944 g/mol. The summed E-state index contributed by atoms with van der Waals surface area (Å²) in [6.45, 7) is 9.59. The minimum absolute atomic E-state index is 0.0278. The number of amides is 3. The van der Waals surface area contributed by atoms with Crippen molar-refractivity contribution in [2.45, 2.75) is 120 Å². The number of ether oxygens (including phenoxy) is 2. The Morgan fingerprint density at radius 3 is 2.32 bits per heavy atom. The highest BCUT2D eigenvalue weighted by molar-refractivity contribution is 9.10. The van der Waals surface area contributed by atoms with Crippen LogP contribution in [-0.4, -0.2) is 109 Å². The number of hydrogen-bond donors (Lipinski definition) is 6. The molecule has 2 atom stereocenters. The van der Waals surface area contributed by atoms with E-state index >= 15 is 0 Å². The number of anilines is 3. The minimum Gasteiger partial charge on any atom is -0.492 e. The fourth-order valence-electron chi connectivity index (χ4n) is 7.10. The van der Waals surface area contributed by atoms with Gasteiger partial charge in [0.15, 0.2) is 0 Å². The number of hydrogen-bond acceptors (Lipinski definition) is 12. The standard InChI is InChI=1S/C44H63BrN8O8S/c1-43(2,51-40(56)30-14-20-34(21-15-30)62(58,59)52-36-12-6-7-13-37(36)54)22-26-61-44(3,4)28-38(55)46-24-27-60-33-18-16-32(17-19-33)49-42-48-29-35(45)39(50-42)47-23-9-25-53(5)41(57)31-10-8-11-31/h14-21,29,31,36-37,52,54H,6-13,22-28H2,1-5H3,(H,46,55)(H,51,56)(H2,47,48,49,50)/t36-,37-/m1/s1. The van der Waals surface area contributed by atoms with Crippen LogP contribution in [0.1, 0.15) is 102 Å². The van der Waals surface area contributed by atoms with Gasteiger partial charge in [-0.2, -0.15) is 4.98 Å². The number of nitrogens with zero attached hydrogens (tertiary/aromatic N) is 3. The number of aliphatic hydroxyl groups is 1.